The summed E-state index contributed by atoms with van der Waals surface area (Å²) < 4.78 is 1.15. The third-order valence-corrected chi connectivity index (χ3v) is 3.01. The Morgan fingerprint density at radius 3 is 2.70 bits per heavy atom. The third kappa shape index (κ3) is 1.58. The zero-order valence-corrected chi connectivity index (χ0v) is 8.74. The molecular weight excluding hydrogens is 258 g/mol. The molecule has 1 rings (SSSR count). The van der Waals surface area contributed by atoms with E-state index in [2.05, 4.69) is 36.8 Å². The number of aromatic nitrogens is 1. The number of rotatable bonds is 1. The van der Waals surface area contributed by atoms with E-state index in [1.165, 1.54) is 11.1 Å². The molecule has 1 heterocycles. The lowest BCUT2D eigenvalue weighted by molar-refractivity contribution is 1.19. The Labute approximate surface area is 77.1 Å². The Hall–Kier alpha value is 0.110. The van der Waals surface area contributed by atoms with Crippen molar-refractivity contribution in [2.75, 3.05) is 0 Å². The van der Waals surface area contributed by atoms with Gasteiger partial charge in [0.1, 0.15) is 0 Å². The minimum Gasteiger partial charge on any atom is -0.264 e. The lowest BCUT2D eigenvalue weighted by Gasteiger charge is -2.00. The molecule has 0 radical (unpaired) electrons. The van der Waals surface area contributed by atoms with Crippen LogP contribution in [0.1, 0.15) is 11.1 Å². The molecule has 0 aromatic carbocycles. The highest BCUT2D eigenvalue weighted by atomic mass is 79.9. The molecule has 54 valence electrons. The van der Waals surface area contributed by atoms with Crippen LogP contribution in [-0.2, 0) is 5.33 Å². The van der Waals surface area contributed by atoms with Crippen LogP contribution in [0, 0.1) is 6.92 Å². The van der Waals surface area contributed by atoms with Crippen molar-refractivity contribution < 1.29 is 0 Å². The first-order valence-corrected chi connectivity index (χ1v) is 4.82. The van der Waals surface area contributed by atoms with E-state index in [9.17, 15) is 0 Å². The highest BCUT2D eigenvalue weighted by Gasteiger charge is 1.99. The molecule has 0 fully saturated rings. The van der Waals surface area contributed by atoms with E-state index in [-0.39, 0.29) is 0 Å². The first kappa shape index (κ1) is 8.21. The maximum Gasteiger partial charge on any atom is 0.0319 e. The first-order valence-electron chi connectivity index (χ1n) is 2.90. The molecule has 0 bridgehead atoms. The van der Waals surface area contributed by atoms with E-state index in [0.29, 0.717) is 0 Å². The molecule has 1 aromatic rings. The van der Waals surface area contributed by atoms with E-state index in [1.54, 1.807) is 0 Å². The van der Waals surface area contributed by atoms with E-state index >= 15 is 0 Å². The number of alkyl halides is 1. The van der Waals surface area contributed by atoms with Crippen LogP contribution in [-0.4, -0.2) is 4.98 Å². The van der Waals surface area contributed by atoms with Crippen LogP contribution in [0.4, 0.5) is 0 Å². The molecule has 0 atom stereocenters. The molecule has 0 spiro atoms. The molecular formula is C7H7Br2N. The number of hydrogen-bond acceptors (Lipinski definition) is 1. The molecule has 0 N–H and O–H groups in total. The van der Waals surface area contributed by atoms with Crippen molar-refractivity contribution in [2.45, 2.75) is 12.3 Å². The monoisotopic (exact) mass is 263 g/mol. The molecule has 10 heavy (non-hydrogen) atoms. The lowest BCUT2D eigenvalue weighted by Crippen LogP contribution is -1.85. The zero-order valence-electron chi connectivity index (χ0n) is 5.56. The Morgan fingerprint density at radius 1 is 1.50 bits per heavy atom. The lowest BCUT2D eigenvalue weighted by atomic mass is 10.2. The van der Waals surface area contributed by atoms with E-state index < -0.39 is 0 Å². The summed E-state index contributed by atoms with van der Waals surface area (Å²) in [6, 6.07) is 0. The summed E-state index contributed by atoms with van der Waals surface area (Å²) in [5.74, 6) is 0. The van der Waals surface area contributed by atoms with Crippen molar-refractivity contribution in [1.82, 2.24) is 4.98 Å². The van der Waals surface area contributed by atoms with Crippen molar-refractivity contribution in [3.05, 3.63) is 28.0 Å². The van der Waals surface area contributed by atoms with Gasteiger partial charge in [0.2, 0.25) is 0 Å². The van der Waals surface area contributed by atoms with Gasteiger partial charge in [-0.15, -0.1) is 0 Å². The fourth-order valence-electron chi connectivity index (χ4n) is 0.699. The number of aryl methyl sites for hydroxylation is 1. The molecule has 0 aliphatic heterocycles. The number of nitrogens with zero attached hydrogens (tertiary/aromatic N) is 1. The second kappa shape index (κ2) is 3.49. The van der Waals surface area contributed by atoms with E-state index in [4.69, 9.17) is 0 Å². The van der Waals surface area contributed by atoms with Gasteiger partial charge in [-0.05, 0) is 18.1 Å². The van der Waals surface area contributed by atoms with Crippen molar-refractivity contribution in [1.29, 1.82) is 0 Å². The summed E-state index contributed by atoms with van der Waals surface area (Å²) in [7, 11) is 0. The number of halogens is 2. The molecule has 0 amide bonds. The summed E-state index contributed by atoms with van der Waals surface area (Å²) in [4.78, 5) is 4.06. The predicted molar refractivity (Wildman–Crippen MR) is 49.3 cm³/mol. The maximum absolute atomic E-state index is 4.06. The summed E-state index contributed by atoms with van der Waals surface area (Å²) in [5.41, 5.74) is 2.37. The van der Waals surface area contributed by atoms with Gasteiger partial charge in [0.15, 0.2) is 0 Å². The van der Waals surface area contributed by atoms with Gasteiger partial charge in [0, 0.05) is 22.2 Å². The number of pyridine rings is 1. The van der Waals surface area contributed by atoms with Gasteiger partial charge in [-0.2, -0.15) is 0 Å². The average Bonchev–Trinajstić information content (AvgIpc) is 1.95. The molecule has 0 saturated heterocycles. The summed E-state index contributed by atoms with van der Waals surface area (Å²) in [6.07, 6.45) is 3.70. The molecule has 3 heteroatoms. The first-order chi connectivity index (χ1) is 4.75. The molecule has 0 aliphatic carbocycles. The van der Waals surface area contributed by atoms with Crippen molar-refractivity contribution in [2.24, 2.45) is 0 Å². The van der Waals surface area contributed by atoms with Gasteiger partial charge in [0.05, 0.1) is 0 Å². The molecule has 1 nitrogen and oxygen atoms in total. The zero-order chi connectivity index (χ0) is 7.56. The third-order valence-electron chi connectivity index (χ3n) is 1.27. The minimum absolute atomic E-state index is 0.849. The van der Waals surface area contributed by atoms with Gasteiger partial charge in [-0.3, -0.25) is 4.98 Å². The fourth-order valence-corrected chi connectivity index (χ4v) is 1.85. The summed E-state index contributed by atoms with van der Waals surface area (Å²) in [6.45, 7) is 2.03. The SMILES string of the molecule is Cc1cncc(CBr)c1Br. The van der Waals surface area contributed by atoms with Crippen molar-refractivity contribution >= 4 is 31.9 Å². The van der Waals surface area contributed by atoms with E-state index in [1.807, 2.05) is 19.3 Å². The molecule has 0 aliphatic rings. The van der Waals surface area contributed by atoms with Crippen molar-refractivity contribution in [3.8, 4) is 0 Å². The molecule has 0 saturated carbocycles. The van der Waals surface area contributed by atoms with Crippen LogP contribution in [0.2, 0.25) is 0 Å². The largest absolute Gasteiger partial charge is 0.264 e. The quantitative estimate of drug-likeness (QED) is 0.711. The second-order valence-corrected chi connectivity index (χ2v) is 3.42. The average molecular weight is 265 g/mol. The van der Waals surface area contributed by atoms with Gasteiger partial charge < -0.3 is 0 Å². The predicted octanol–water partition coefficient (Wildman–Crippen LogP) is 3.05. The van der Waals surface area contributed by atoms with Crippen LogP contribution in [0.25, 0.3) is 0 Å². The van der Waals surface area contributed by atoms with Crippen LogP contribution in [0.15, 0.2) is 16.9 Å². The van der Waals surface area contributed by atoms with Crippen LogP contribution < -0.4 is 0 Å². The smallest absolute Gasteiger partial charge is 0.0319 e. The summed E-state index contributed by atoms with van der Waals surface area (Å²) in [5, 5.41) is 0.849. The van der Waals surface area contributed by atoms with Crippen LogP contribution in [0.5, 0.6) is 0 Å². The highest BCUT2D eigenvalue weighted by molar-refractivity contribution is 9.10. The van der Waals surface area contributed by atoms with Gasteiger partial charge in [0.25, 0.3) is 0 Å². The van der Waals surface area contributed by atoms with Crippen LogP contribution >= 0.6 is 31.9 Å². The fraction of sp³-hybridized carbons (Fsp3) is 0.286. The minimum atomic E-state index is 0.849. The maximum atomic E-state index is 4.06. The number of hydrogen-bond donors (Lipinski definition) is 0. The second-order valence-electron chi connectivity index (χ2n) is 2.06. The Bertz CT molecular complexity index is 235. The Kier molecular flexibility index (Phi) is 2.86. The normalized spacial score (nSPS) is 9.90. The van der Waals surface area contributed by atoms with E-state index in [0.717, 1.165) is 9.80 Å². The molecule has 0 unspecified atom stereocenters. The summed E-state index contributed by atoms with van der Waals surface area (Å²) >= 11 is 6.84. The van der Waals surface area contributed by atoms with Gasteiger partial charge in [-0.1, -0.05) is 31.9 Å². The standard InChI is InChI=1S/C7H7Br2N/c1-5-3-10-4-6(2-8)7(5)9/h3-4H,2H2,1H3. The Morgan fingerprint density at radius 2 is 2.20 bits per heavy atom. The van der Waals surface area contributed by atoms with Gasteiger partial charge >= 0.3 is 0 Å². The molecule has 1 aromatic heterocycles. The topological polar surface area (TPSA) is 12.9 Å². The van der Waals surface area contributed by atoms with Crippen LogP contribution in [0.3, 0.4) is 0 Å². The van der Waals surface area contributed by atoms with Crippen molar-refractivity contribution in [3.63, 3.8) is 0 Å². The highest BCUT2D eigenvalue weighted by Crippen LogP contribution is 2.21. The Balaban J connectivity index is 3.14. The van der Waals surface area contributed by atoms with Gasteiger partial charge in [-0.25, -0.2) is 0 Å².